The predicted octanol–water partition coefficient (Wildman–Crippen LogP) is 1.81. The maximum Gasteiger partial charge on any atom is 0.165 e. The summed E-state index contributed by atoms with van der Waals surface area (Å²) in [5.74, 6) is -0.894. The maximum absolute atomic E-state index is 12.8. The largest absolute Gasteiger partial charge is 0.505 e. The molecule has 1 aromatic rings. The Morgan fingerprint density at radius 1 is 1.54 bits per heavy atom. The molecule has 0 aliphatic carbocycles. The molecule has 0 saturated heterocycles. The van der Waals surface area contributed by atoms with Gasteiger partial charge in [0, 0.05) is 6.04 Å². The molecule has 1 rings (SSSR count). The molecule has 0 aliphatic rings. The van der Waals surface area contributed by atoms with E-state index in [1.165, 1.54) is 12.1 Å². The first kappa shape index (κ1) is 9.99. The molecule has 0 fully saturated rings. The highest BCUT2D eigenvalue weighted by Gasteiger charge is 2.04. The van der Waals surface area contributed by atoms with E-state index in [0.717, 1.165) is 12.0 Å². The SMILES string of the molecule is CCC(N)Cc1ccc(O)c(F)c1. The van der Waals surface area contributed by atoms with E-state index in [9.17, 15) is 4.39 Å². The Balaban J connectivity index is 2.73. The molecular formula is C10H14FNO. The number of hydrogen-bond acceptors (Lipinski definition) is 2. The van der Waals surface area contributed by atoms with Gasteiger partial charge in [-0.15, -0.1) is 0 Å². The van der Waals surface area contributed by atoms with Gasteiger partial charge >= 0.3 is 0 Å². The molecule has 72 valence electrons. The maximum atomic E-state index is 12.8. The van der Waals surface area contributed by atoms with E-state index >= 15 is 0 Å². The van der Waals surface area contributed by atoms with Crippen LogP contribution in [0.3, 0.4) is 0 Å². The molecule has 1 atom stereocenters. The summed E-state index contributed by atoms with van der Waals surface area (Å²) in [5.41, 5.74) is 6.53. The summed E-state index contributed by atoms with van der Waals surface area (Å²) in [5, 5.41) is 8.93. The third-order valence-electron chi connectivity index (χ3n) is 2.03. The summed E-state index contributed by atoms with van der Waals surface area (Å²) in [4.78, 5) is 0. The van der Waals surface area contributed by atoms with E-state index in [4.69, 9.17) is 10.8 Å². The molecule has 0 saturated carbocycles. The average Bonchev–Trinajstić information content (AvgIpc) is 2.11. The van der Waals surface area contributed by atoms with Gasteiger partial charge in [0.15, 0.2) is 11.6 Å². The fourth-order valence-corrected chi connectivity index (χ4v) is 1.12. The van der Waals surface area contributed by atoms with Crippen LogP contribution in [0.25, 0.3) is 0 Å². The van der Waals surface area contributed by atoms with Crippen molar-refractivity contribution in [3.63, 3.8) is 0 Å². The van der Waals surface area contributed by atoms with Crippen molar-refractivity contribution in [1.29, 1.82) is 0 Å². The Morgan fingerprint density at radius 2 is 2.23 bits per heavy atom. The standard InChI is InChI=1S/C10H14FNO/c1-2-8(12)5-7-3-4-10(13)9(11)6-7/h3-4,6,8,13H,2,5,12H2,1H3. The molecule has 0 aromatic heterocycles. The molecule has 0 spiro atoms. The van der Waals surface area contributed by atoms with Crippen molar-refractivity contribution in [3.05, 3.63) is 29.6 Å². The minimum Gasteiger partial charge on any atom is -0.505 e. The quantitative estimate of drug-likeness (QED) is 0.750. The van der Waals surface area contributed by atoms with E-state index in [1.807, 2.05) is 6.92 Å². The van der Waals surface area contributed by atoms with Gasteiger partial charge in [-0.3, -0.25) is 0 Å². The number of phenolic OH excluding ortho intramolecular Hbond substituents is 1. The Labute approximate surface area is 77.2 Å². The van der Waals surface area contributed by atoms with Crippen LogP contribution in [-0.4, -0.2) is 11.1 Å². The predicted molar refractivity (Wildman–Crippen MR) is 50.0 cm³/mol. The van der Waals surface area contributed by atoms with Gasteiger partial charge in [-0.05, 0) is 30.5 Å². The smallest absolute Gasteiger partial charge is 0.165 e. The average molecular weight is 183 g/mol. The zero-order chi connectivity index (χ0) is 9.84. The molecule has 13 heavy (non-hydrogen) atoms. The molecule has 0 bridgehead atoms. The second kappa shape index (κ2) is 4.23. The first-order valence-electron chi connectivity index (χ1n) is 4.36. The van der Waals surface area contributed by atoms with Crippen LogP contribution in [-0.2, 0) is 6.42 Å². The number of halogens is 1. The summed E-state index contributed by atoms with van der Waals surface area (Å²) in [6, 6.07) is 4.43. The molecule has 3 heteroatoms. The van der Waals surface area contributed by atoms with E-state index in [-0.39, 0.29) is 11.8 Å². The molecule has 1 unspecified atom stereocenters. The van der Waals surface area contributed by atoms with Crippen LogP contribution in [0.5, 0.6) is 5.75 Å². The highest BCUT2D eigenvalue weighted by Crippen LogP contribution is 2.17. The molecule has 2 nitrogen and oxygen atoms in total. The fourth-order valence-electron chi connectivity index (χ4n) is 1.12. The lowest BCUT2D eigenvalue weighted by atomic mass is 10.0. The van der Waals surface area contributed by atoms with Crippen LogP contribution in [0.1, 0.15) is 18.9 Å². The van der Waals surface area contributed by atoms with Crippen molar-refractivity contribution in [1.82, 2.24) is 0 Å². The molecule has 3 N–H and O–H groups in total. The first-order chi connectivity index (χ1) is 6.13. The lowest BCUT2D eigenvalue weighted by Gasteiger charge is -2.08. The van der Waals surface area contributed by atoms with Crippen molar-refractivity contribution in [2.75, 3.05) is 0 Å². The number of nitrogens with two attached hydrogens (primary N) is 1. The van der Waals surface area contributed by atoms with Crippen molar-refractivity contribution in [2.24, 2.45) is 5.73 Å². The Bertz CT molecular complexity index is 288. The van der Waals surface area contributed by atoms with E-state index in [0.29, 0.717) is 6.42 Å². The number of benzene rings is 1. The number of phenols is 1. The zero-order valence-corrected chi connectivity index (χ0v) is 7.63. The van der Waals surface area contributed by atoms with E-state index in [2.05, 4.69) is 0 Å². The number of rotatable bonds is 3. The summed E-state index contributed by atoms with van der Waals surface area (Å²) in [7, 11) is 0. The molecule has 0 amide bonds. The fraction of sp³-hybridized carbons (Fsp3) is 0.400. The topological polar surface area (TPSA) is 46.2 Å². The molecule has 0 heterocycles. The third-order valence-corrected chi connectivity index (χ3v) is 2.03. The van der Waals surface area contributed by atoms with Crippen molar-refractivity contribution in [2.45, 2.75) is 25.8 Å². The summed E-state index contributed by atoms with van der Waals surface area (Å²) < 4.78 is 12.8. The van der Waals surface area contributed by atoms with Crippen molar-refractivity contribution >= 4 is 0 Å². The highest BCUT2D eigenvalue weighted by molar-refractivity contribution is 5.28. The monoisotopic (exact) mass is 183 g/mol. The van der Waals surface area contributed by atoms with Crippen LogP contribution in [0.15, 0.2) is 18.2 Å². The second-order valence-electron chi connectivity index (χ2n) is 3.16. The Morgan fingerprint density at radius 3 is 2.77 bits per heavy atom. The van der Waals surface area contributed by atoms with Crippen molar-refractivity contribution in [3.8, 4) is 5.75 Å². The second-order valence-corrected chi connectivity index (χ2v) is 3.16. The van der Waals surface area contributed by atoms with Gasteiger partial charge in [0.25, 0.3) is 0 Å². The van der Waals surface area contributed by atoms with Gasteiger partial charge in [-0.1, -0.05) is 13.0 Å². The van der Waals surface area contributed by atoms with Gasteiger partial charge in [0.05, 0.1) is 0 Å². The van der Waals surface area contributed by atoms with Crippen LogP contribution in [0.2, 0.25) is 0 Å². The lowest BCUT2D eigenvalue weighted by Crippen LogP contribution is -2.21. The number of hydrogen-bond donors (Lipinski definition) is 2. The third kappa shape index (κ3) is 2.70. The minimum atomic E-state index is -0.583. The van der Waals surface area contributed by atoms with Crippen LogP contribution in [0, 0.1) is 5.82 Å². The highest BCUT2D eigenvalue weighted by atomic mass is 19.1. The van der Waals surface area contributed by atoms with Gasteiger partial charge in [0.2, 0.25) is 0 Å². The number of aromatic hydroxyl groups is 1. The van der Waals surface area contributed by atoms with Crippen molar-refractivity contribution < 1.29 is 9.50 Å². The van der Waals surface area contributed by atoms with Gasteiger partial charge < -0.3 is 10.8 Å². The van der Waals surface area contributed by atoms with Gasteiger partial charge in [-0.2, -0.15) is 0 Å². The zero-order valence-electron chi connectivity index (χ0n) is 7.63. The summed E-state index contributed by atoms with van der Waals surface area (Å²) in [6.07, 6.45) is 1.51. The minimum absolute atomic E-state index is 0.0592. The van der Waals surface area contributed by atoms with Crippen LogP contribution >= 0.6 is 0 Å². The van der Waals surface area contributed by atoms with Crippen LogP contribution < -0.4 is 5.73 Å². The first-order valence-corrected chi connectivity index (χ1v) is 4.36. The van der Waals surface area contributed by atoms with E-state index in [1.54, 1.807) is 6.07 Å². The lowest BCUT2D eigenvalue weighted by molar-refractivity contribution is 0.431. The molecule has 0 aliphatic heterocycles. The Hall–Kier alpha value is -1.09. The molecule has 1 aromatic carbocycles. The summed E-state index contributed by atoms with van der Waals surface area (Å²) in [6.45, 7) is 1.99. The van der Waals surface area contributed by atoms with Gasteiger partial charge in [-0.25, -0.2) is 4.39 Å². The molecular weight excluding hydrogens is 169 g/mol. The summed E-state index contributed by atoms with van der Waals surface area (Å²) >= 11 is 0. The van der Waals surface area contributed by atoms with Gasteiger partial charge in [0.1, 0.15) is 0 Å². The van der Waals surface area contributed by atoms with E-state index < -0.39 is 5.82 Å². The van der Waals surface area contributed by atoms with Crippen LogP contribution in [0.4, 0.5) is 4.39 Å². The normalized spacial score (nSPS) is 12.8. The Kier molecular flexibility index (Phi) is 3.25. The molecule has 0 radical (unpaired) electrons.